The first-order valence-corrected chi connectivity index (χ1v) is 17.1. The predicted molar refractivity (Wildman–Crippen MR) is 175 cm³/mol. The molecule has 1 amide bonds. The Labute approximate surface area is 271 Å². The Morgan fingerprint density at radius 2 is 1.60 bits per heavy atom. The van der Waals surface area contributed by atoms with Crippen molar-refractivity contribution < 1.29 is 19.1 Å². The van der Waals surface area contributed by atoms with E-state index in [0.29, 0.717) is 38.2 Å². The van der Waals surface area contributed by atoms with Crippen LogP contribution < -0.4 is 0 Å². The summed E-state index contributed by atoms with van der Waals surface area (Å²) in [7, 11) is 0. The maximum absolute atomic E-state index is 13.4. The molecule has 3 rings (SSSR count). The van der Waals surface area contributed by atoms with Gasteiger partial charge in [-0.2, -0.15) is 4.68 Å². The van der Waals surface area contributed by atoms with E-state index in [4.69, 9.17) is 4.74 Å². The summed E-state index contributed by atoms with van der Waals surface area (Å²) in [6, 6.07) is 14.9. The lowest BCUT2D eigenvalue weighted by Crippen LogP contribution is -2.48. The van der Waals surface area contributed by atoms with Crippen LogP contribution in [0, 0.1) is 5.92 Å². The number of aromatic nitrogens is 4. The molecule has 1 unspecified atom stereocenters. The van der Waals surface area contributed by atoms with E-state index in [1.165, 1.54) is 4.68 Å². The molecule has 0 spiro atoms. The molecule has 1 atom stereocenters. The molecule has 11 heteroatoms. The molecule has 9 nitrogen and oxygen atoms in total. The molecule has 0 saturated carbocycles. The van der Waals surface area contributed by atoms with Crippen molar-refractivity contribution in [2.24, 2.45) is 5.92 Å². The molecule has 0 N–H and O–H groups in total. The van der Waals surface area contributed by atoms with E-state index < -0.39 is 6.04 Å². The van der Waals surface area contributed by atoms with Crippen LogP contribution in [0.1, 0.15) is 76.1 Å². The molecule has 0 radical (unpaired) electrons. The number of alkyl halides is 2. The summed E-state index contributed by atoms with van der Waals surface area (Å²) in [6.45, 7) is 6.57. The first kappa shape index (κ1) is 34.6. The maximum atomic E-state index is 13.4. The lowest BCUT2D eigenvalue weighted by atomic mass is 9.97. The first-order valence-electron chi connectivity index (χ1n) is 14.9. The highest BCUT2D eigenvalue weighted by molar-refractivity contribution is 9.09. The molecule has 1 aromatic heterocycles. The first-order chi connectivity index (χ1) is 20.8. The van der Waals surface area contributed by atoms with Crippen LogP contribution >= 0.6 is 31.9 Å². The van der Waals surface area contributed by atoms with Crippen molar-refractivity contribution in [1.82, 2.24) is 25.1 Å². The van der Waals surface area contributed by atoms with Crippen LogP contribution in [0.5, 0.6) is 0 Å². The molecule has 0 saturated heterocycles. The molecule has 0 fully saturated rings. The lowest BCUT2D eigenvalue weighted by Gasteiger charge is -2.33. The van der Waals surface area contributed by atoms with Crippen LogP contribution in [0.4, 0.5) is 0 Å². The van der Waals surface area contributed by atoms with Crippen LogP contribution in [0.25, 0.3) is 22.5 Å². The van der Waals surface area contributed by atoms with E-state index >= 15 is 0 Å². The molecule has 2 aromatic carbocycles. The fourth-order valence-electron chi connectivity index (χ4n) is 4.79. The van der Waals surface area contributed by atoms with Gasteiger partial charge in [-0.1, -0.05) is 108 Å². The van der Waals surface area contributed by atoms with Gasteiger partial charge in [-0.25, -0.2) is 4.79 Å². The summed E-state index contributed by atoms with van der Waals surface area (Å²) >= 11 is 6.77. The van der Waals surface area contributed by atoms with Crippen molar-refractivity contribution in [3.8, 4) is 22.5 Å². The molecular weight excluding hydrogens is 678 g/mol. The fourth-order valence-corrected chi connectivity index (χ4v) is 5.47. The molecule has 1 heterocycles. The highest BCUT2D eigenvalue weighted by atomic mass is 79.9. The lowest BCUT2D eigenvalue weighted by molar-refractivity contribution is -0.158. The van der Waals surface area contributed by atoms with Crippen LogP contribution in [0.2, 0.25) is 0 Å². The summed E-state index contributed by atoms with van der Waals surface area (Å²) in [6.07, 6.45) is 4.73. The van der Waals surface area contributed by atoms with E-state index in [0.717, 1.165) is 58.6 Å². The third-order valence-corrected chi connectivity index (χ3v) is 8.18. The van der Waals surface area contributed by atoms with Gasteiger partial charge >= 0.3 is 5.97 Å². The predicted octanol–water partition coefficient (Wildman–Crippen LogP) is 7.08. The fraction of sp³-hybridized carbons (Fsp3) is 0.500. The van der Waals surface area contributed by atoms with Crippen molar-refractivity contribution in [1.29, 1.82) is 0 Å². The highest BCUT2D eigenvalue weighted by Gasteiger charge is 2.33. The van der Waals surface area contributed by atoms with Gasteiger partial charge in [-0.05, 0) is 58.7 Å². The molecule has 43 heavy (non-hydrogen) atoms. The quantitative estimate of drug-likeness (QED) is 0.0635. The van der Waals surface area contributed by atoms with E-state index in [-0.39, 0.29) is 23.7 Å². The van der Waals surface area contributed by atoms with Gasteiger partial charge in [0.2, 0.25) is 11.8 Å². The van der Waals surface area contributed by atoms with E-state index in [9.17, 15) is 14.4 Å². The number of hydrogen-bond donors (Lipinski definition) is 0. The Bertz CT molecular complexity index is 1330. The van der Waals surface area contributed by atoms with Gasteiger partial charge < -0.3 is 9.64 Å². The minimum absolute atomic E-state index is 0.0520. The summed E-state index contributed by atoms with van der Waals surface area (Å²) in [5.41, 5.74) is 3.43. The van der Waals surface area contributed by atoms with E-state index in [2.05, 4.69) is 47.4 Å². The Hall–Kier alpha value is -2.92. The van der Waals surface area contributed by atoms with Crippen molar-refractivity contribution in [3.05, 3.63) is 54.1 Å². The molecule has 0 aliphatic heterocycles. The third kappa shape index (κ3) is 9.79. The number of carbonyl (C=O) groups is 3. The Morgan fingerprint density at radius 3 is 2.26 bits per heavy atom. The number of halogens is 2. The summed E-state index contributed by atoms with van der Waals surface area (Å²) in [5, 5.41) is 13.5. The number of ether oxygens (including phenoxy) is 1. The monoisotopic (exact) mass is 717 g/mol. The minimum Gasteiger partial charge on any atom is -0.464 e. The third-order valence-electron chi connectivity index (χ3n) is 7.06. The second kappa shape index (κ2) is 18.0. The summed E-state index contributed by atoms with van der Waals surface area (Å²) < 4.78 is 6.88. The number of carbonyl (C=O) groups excluding carboxylic acids is 3. The van der Waals surface area contributed by atoms with Crippen molar-refractivity contribution >= 4 is 49.6 Å². The zero-order chi connectivity index (χ0) is 31.2. The normalized spacial score (nSPS) is 11.9. The zero-order valence-corrected chi connectivity index (χ0v) is 28.3. The minimum atomic E-state index is -0.672. The number of tetrazole rings is 1. The smallest absolute Gasteiger partial charge is 0.329 e. The molecule has 232 valence electrons. The molecular formula is C32H41Br2N5O4. The van der Waals surface area contributed by atoms with Gasteiger partial charge in [0.15, 0.2) is 5.82 Å². The van der Waals surface area contributed by atoms with Crippen LogP contribution in [-0.2, 0) is 20.9 Å². The summed E-state index contributed by atoms with van der Waals surface area (Å²) in [5.74, 6) is -0.295. The topological polar surface area (TPSA) is 107 Å². The molecule has 3 aromatic rings. The van der Waals surface area contributed by atoms with Crippen LogP contribution in [-0.4, -0.2) is 66.2 Å². The SMILES string of the molecule is CCCCC(=O)N(Cc1ccc(-c2ccccc2-c2nnnn2C(=O)CCCBr)cc1)C(C(=O)OCCCCBr)C(C)C. The molecule has 0 aliphatic rings. The standard InChI is InChI=1S/C32H41Br2N5O4/c1-4-5-13-28(40)38(30(23(2)3)32(42)43-21-9-8-19-33)22-24-15-17-25(18-16-24)26-11-6-7-12-27(26)31-35-36-37-39(31)29(41)14-10-20-34/h6-7,11-12,15-18,23,30H,4-5,8-10,13-14,19-22H2,1-3H3. The van der Waals surface area contributed by atoms with Gasteiger partial charge in [0.05, 0.1) is 6.61 Å². The maximum Gasteiger partial charge on any atom is 0.329 e. The number of rotatable bonds is 17. The largest absolute Gasteiger partial charge is 0.464 e. The Kier molecular flexibility index (Phi) is 14.5. The number of benzene rings is 2. The van der Waals surface area contributed by atoms with Crippen molar-refractivity contribution in [3.63, 3.8) is 0 Å². The van der Waals surface area contributed by atoms with Gasteiger partial charge in [-0.15, -0.1) is 5.10 Å². The van der Waals surface area contributed by atoms with E-state index in [1.54, 1.807) is 4.90 Å². The number of unbranched alkanes of at least 4 members (excludes halogenated alkanes) is 2. The van der Waals surface area contributed by atoms with Crippen molar-refractivity contribution in [2.45, 2.75) is 78.3 Å². The van der Waals surface area contributed by atoms with Crippen molar-refractivity contribution in [2.75, 3.05) is 17.3 Å². The number of nitrogens with zero attached hydrogens (tertiary/aromatic N) is 5. The summed E-state index contributed by atoms with van der Waals surface area (Å²) in [4.78, 5) is 41.0. The molecule has 0 bridgehead atoms. The molecule has 0 aliphatic carbocycles. The average molecular weight is 720 g/mol. The second-order valence-corrected chi connectivity index (χ2v) is 12.3. The van der Waals surface area contributed by atoms with Gasteiger partial charge in [0, 0.05) is 35.6 Å². The van der Waals surface area contributed by atoms with Crippen LogP contribution in [0.15, 0.2) is 48.5 Å². The van der Waals surface area contributed by atoms with Gasteiger partial charge in [0.25, 0.3) is 0 Å². The van der Waals surface area contributed by atoms with Gasteiger partial charge in [-0.3, -0.25) is 9.59 Å². The second-order valence-electron chi connectivity index (χ2n) is 10.7. The Morgan fingerprint density at radius 1 is 0.907 bits per heavy atom. The highest BCUT2D eigenvalue weighted by Crippen LogP contribution is 2.31. The zero-order valence-electron chi connectivity index (χ0n) is 25.2. The van der Waals surface area contributed by atoms with Crippen LogP contribution in [0.3, 0.4) is 0 Å². The number of hydrogen-bond acceptors (Lipinski definition) is 7. The van der Waals surface area contributed by atoms with E-state index in [1.807, 2.05) is 69.3 Å². The average Bonchev–Trinajstić information content (AvgIpc) is 3.51. The number of esters is 1. The van der Waals surface area contributed by atoms with Gasteiger partial charge in [0.1, 0.15) is 6.04 Å². The Balaban J connectivity index is 1.88. The number of amides is 1.